The second-order valence-corrected chi connectivity index (χ2v) is 12.9. The van der Waals surface area contributed by atoms with Crippen molar-refractivity contribution in [3.63, 3.8) is 0 Å². The maximum absolute atomic E-state index is 15.5. The second kappa shape index (κ2) is 14.9. The number of unbranched alkanes of at least 4 members (excludes halogenated alkanes) is 1. The zero-order valence-corrected chi connectivity index (χ0v) is 26.9. The number of fused-ring (bicyclic) bond motifs is 2. The van der Waals surface area contributed by atoms with Gasteiger partial charge >= 0.3 is 11.9 Å². The number of halogens is 2. The molecule has 0 aliphatic carbocycles. The summed E-state index contributed by atoms with van der Waals surface area (Å²) in [5, 5.41) is 18.8. The Bertz CT molecular complexity index is 1710. The average molecular weight is 665 g/mol. The summed E-state index contributed by atoms with van der Waals surface area (Å²) in [6, 6.07) is 6.39. The standard InChI is InChI=1S/C32H34F2O9S2/c1-16(31(36)37)7-8-18-12-19-24(44-18)14-22(40-3)29(27(19)33)42-9-5-6-10-43-30-23(41-4)15-25-20(28(30)34)13-26(45-25)21(35)11-17(2)32(38)39/h12-17H,5-11H2,1-4H3,(H,36,37)(H,38,39). The van der Waals surface area contributed by atoms with Gasteiger partial charge in [-0.25, -0.2) is 8.78 Å². The van der Waals surface area contributed by atoms with E-state index in [1.807, 2.05) is 0 Å². The van der Waals surface area contributed by atoms with E-state index < -0.39 is 35.4 Å². The molecule has 0 aliphatic rings. The number of aliphatic carboxylic acids is 2. The number of carbonyl (C=O) groups is 3. The van der Waals surface area contributed by atoms with Gasteiger partial charge in [-0.2, -0.15) is 0 Å². The lowest BCUT2D eigenvalue weighted by molar-refractivity contribution is -0.142. The van der Waals surface area contributed by atoms with Crippen molar-refractivity contribution in [2.75, 3.05) is 27.4 Å². The molecule has 45 heavy (non-hydrogen) atoms. The Morgan fingerprint density at radius 1 is 0.778 bits per heavy atom. The predicted molar refractivity (Wildman–Crippen MR) is 168 cm³/mol. The number of hydrogen-bond donors (Lipinski definition) is 2. The number of aryl methyl sites for hydroxylation is 1. The molecule has 4 aromatic rings. The lowest BCUT2D eigenvalue weighted by Gasteiger charge is -2.14. The average Bonchev–Trinajstić information content (AvgIpc) is 3.63. The molecular weight excluding hydrogens is 630 g/mol. The third kappa shape index (κ3) is 7.82. The van der Waals surface area contributed by atoms with Gasteiger partial charge in [0.05, 0.1) is 44.1 Å². The number of rotatable bonds is 17. The number of ether oxygens (including phenoxy) is 4. The van der Waals surface area contributed by atoms with Crippen LogP contribution >= 0.6 is 22.7 Å². The molecule has 2 aromatic carbocycles. The third-order valence-electron chi connectivity index (χ3n) is 7.32. The number of benzene rings is 2. The molecule has 0 amide bonds. The highest BCUT2D eigenvalue weighted by atomic mass is 32.1. The first kappa shape index (κ1) is 33.9. The molecule has 2 heterocycles. The van der Waals surface area contributed by atoms with Gasteiger partial charge < -0.3 is 29.2 Å². The molecule has 0 aliphatic heterocycles. The Balaban J connectivity index is 1.37. The van der Waals surface area contributed by atoms with Crippen LogP contribution in [-0.2, 0) is 16.0 Å². The van der Waals surface area contributed by atoms with E-state index in [4.69, 9.17) is 29.2 Å². The molecule has 0 saturated carbocycles. The summed E-state index contributed by atoms with van der Waals surface area (Å²) < 4.78 is 54.2. The minimum absolute atomic E-state index is 0.0205. The Hall–Kier alpha value is -3.97. The highest BCUT2D eigenvalue weighted by Crippen LogP contribution is 2.42. The van der Waals surface area contributed by atoms with Crippen LogP contribution in [0.1, 0.15) is 54.1 Å². The van der Waals surface area contributed by atoms with Crippen molar-refractivity contribution in [1.82, 2.24) is 0 Å². The van der Waals surface area contributed by atoms with Crippen LogP contribution in [0.4, 0.5) is 8.78 Å². The van der Waals surface area contributed by atoms with Crippen molar-refractivity contribution >= 4 is 60.6 Å². The third-order valence-corrected chi connectivity index (χ3v) is 9.59. The fraction of sp³-hybridized carbons (Fsp3) is 0.406. The number of carboxylic acids is 2. The van der Waals surface area contributed by atoms with Crippen LogP contribution in [0.3, 0.4) is 0 Å². The van der Waals surface area contributed by atoms with Crippen molar-refractivity contribution in [3.8, 4) is 23.0 Å². The minimum atomic E-state index is -1.08. The van der Waals surface area contributed by atoms with Crippen molar-refractivity contribution in [2.45, 2.75) is 46.0 Å². The molecule has 2 aromatic heterocycles. The largest absolute Gasteiger partial charge is 0.493 e. The Morgan fingerprint density at radius 3 is 1.80 bits per heavy atom. The first-order valence-electron chi connectivity index (χ1n) is 14.3. The smallest absolute Gasteiger partial charge is 0.306 e. The molecule has 2 N–H and O–H groups in total. The monoisotopic (exact) mass is 664 g/mol. The van der Waals surface area contributed by atoms with Gasteiger partial charge in [0.1, 0.15) is 0 Å². The molecule has 0 radical (unpaired) electrons. The van der Waals surface area contributed by atoms with Gasteiger partial charge in [-0.05, 0) is 37.8 Å². The lowest BCUT2D eigenvalue weighted by atomic mass is 10.0. The van der Waals surface area contributed by atoms with E-state index in [0.29, 0.717) is 40.5 Å². The molecule has 242 valence electrons. The fourth-order valence-electron chi connectivity index (χ4n) is 4.58. The normalized spacial score (nSPS) is 12.7. The highest BCUT2D eigenvalue weighted by molar-refractivity contribution is 7.21. The van der Waals surface area contributed by atoms with Gasteiger partial charge in [0.15, 0.2) is 40.4 Å². The number of thiophene rings is 2. The SMILES string of the molecule is COc1cc2sc(CCC(C)C(=O)O)cc2c(F)c1OCCCCOc1c(OC)cc2sc(C(=O)CC(C)C(=O)O)cc2c1F. The van der Waals surface area contributed by atoms with Crippen LogP contribution in [0.15, 0.2) is 24.3 Å². The molecule has 0 spiro atoms. The predicted octanol–water partition coefficient (Wildman–Crippen LogP) is 7.60. The summed E-state index contributed by atoms with van der Waals surface area (Å²) in [7, 11) is 2.80. The fourth-order valence-corrected chi connectivity index (χ4v) is 6.72. The Labute approximate surface area is 266 Å². The van der Waals surface area contributed by atoms with E-state index >= 15 is 8.78 Å². The van der Waals surface area contributed by atoms with E-state index in [1.165, 1.54) is 38.5 Å². The first-order chi connectivity index (χ1) is 21.4. The molecule has 13 heteroatoms. The van der Waals surface area contributed by atoms with Crippen molar-refractivity contribution in [1.29, 1.82) is 0 Å². The number of carboxylic acid groups (broad SMARTS) is 2. The number of methoxy groups -OCH3 is 2. The van der Waals surface area contributed by atoms with Gasteiger partial charge in [-0.1, -0.05) is 13.8 Å². The summed E-state index contributed by atoms with van der Waals surface area (Å²) in [4.78, 5) is 35.9. The highest BCUT2D eigenvalue weighted by Gasteiger charge is 2.23. The minimum Gasteiger partial charge on any atom is -0.493 e. The quantitative estimate of drug-likeness (QED) is 0.0866. The number of carbonyl (C=O) groups excluding carboxylic acids is 1. The summed E-state index contributed by atoms with van der Waals surface area (Å²) in [6.45, 7) is 3.32. The van der Waals surface area contributed by atoms with Crippen LogP contribution in [0.25, 0.3) is 20.2 Å². The maximum Gasteiger partial charge on any atom is 0.306 e. The summed E-state index contributed by atoms with van der Waals surface area (Å²) in [5.41, 5.74) is 0. The zero-order chi connectivity index (χ0) is 32.8. The van der Waals surface area contributed by atoms with Crippen LogP contribution in [0, 0.1) is 23.5 Å². The van der Waals surface area contributed by atoms with E-state index in [9.17, 15) is 14.4 Å². The Morgan fingerprint density at radius 2 is 1.29 bits per heavy atom. The molecule has 9 nitrogen and oxygen atoms in total. The van der Waals surface area contributed by atoms with Crippen LogP contribution < -0.4 is 18.9 Å². The summed E-state index contributed by atoms with van der Waals surface area (Å²) in [5.74, 6) is -4.67. The van der Waals surface area contributed by atoms with Gasteiger partial charge in [0.2, 0.25) is 0 Å². The molecule has 0 bridgehead atoms. The maximum atomic E-state index is 15.5. The van der Waals surface area contributed by atoms with Crippen LogP contribution in [-0.4, -0.2) is 55.4 Å². The molecule has 2 unspecified atom stereocenters. The molecule has 4 rings (SSSR count). The molecule has 0 fully saturated rings. The number of ketones is 1. The topological polar surface area (TPSA) is 129 Å². The zero-order valence-electron chi connectivity index (χ0n) is 25.2. The lowest BCUT2D eigenvalue weighted by Crippen LogP contribution is -2.13. The second-order valence-electron chi connectivity index (χ2n) is 10.6. The molecule has 2 atom stereocenters. The molecular formula is C32H34F2O9S2. The molecule has 0 saturated heterocycles. The number of hydrogen-bond acceptors (Lipinski definition) is 9. The van der Waals surface area contributed by atoms with E-state index in [1.54, 1.807) is 25.1 Å². The van der Waals surface area contributed by atoms with Gasteiger partial charge in [-0.3, -0.25) is 14.4 Å². The van der Waals surface area contributed by atoms with Gasteiger partial charge in [-0.15, -0.1) is 22.7 Å². The Kier molecular flexibility index (Phi) is 11.2. The summed E-state index contributed by atoms with van der Waals surface area (Å²) in [6.07, 6.45) is 1.65. The van der Waals surface area contributed by atoms with Crippen molar-refractivity contribution in [2.24, 2.45) is 11.8 Å². The van der Waals surface area contributed by atoms with Crippen LogP contribution in [0.5, 0.6) is 23.0 Å². The van der Waals surface area contributed by atoms with E-state index in [2.05, 4.69) is 0 Å². The van der Waals surface area contributed by atoms with E-state index in [-0.39, 0.29) is 58.7 Å². The van der Waals surface area contributed by atoms with Gasteiger partial charge in [0, 0.05) is 43.6 Å². The number of Topliss-reactive ketones (excluding diaryl/α,β-unsaturated/α-hetero) is 1. The van der Waals surface area contributed by atoms with Gasteiger partial charge in [0.25, 0.3) is 0 Å². The van der Waals surface area contributed by atoms with Crippen molar-refractivity contribution in [3.05, 3.63) is 45.7 Å². The summed E-state index contributed by atoms with van der Waals surface area (Å²) >= 11 is 2.44. The van der Waals surface area contributed by atoms with Crippen LogP contribution in [0.2, 0.25) is 0 Å². The van der Waals surface area contributed by atoms with E-state index in [0.717, 1.165) is 16.2 Å². The van der Waals surface area contributed by atoms with Crippen molar-refractivity contribution < 1.29 is 52.3 Å². The first-order valence-corrected chi connectivity index (χ1v) is 15.9.